The van der Waals surface area contributed by atoms with Crippen molar-refractivity contribution in [3.05, 3.63) is 11.9 Å². The van der Waals surface area contributed by atoms with E-state index in [1.807, 2.05) is 7.85 Å². The van der Waals surface area contributed by atoms with E-state index in [1.165, 1.54) is 13.2 Å². The SMILES string of the molecule is B[C@@H]1C[C@H](/C=C/P(=O)(O)O)[C@@H](OC)[C@H]1OP(O)(=S)OC(C)(C)C. The van der Waals surface area contributed by atoms with E-state index in [4.69, 9.17) is 35.4 Å². The highest BCUT2D eigenvalue weighted by Gasteiger charge is 2.44. The van der Waals surface area contributed by atoms with Crippen LogP contribution in [0, 0.1) is 5.92 Å². The number of hydrogen-bond acceptors (Lipinski definition) is 5. The van der Waals surface area contributed by atoms with E-state index in [-0.39, 0.29) is 11.7 Å². The van der Waals surface area contributed by atoms with Crippen LogP contribution in [0.5, 0.6) is 0 Å². The number of ether oxygens (including phenoxy) is 1. The van der Waals surface area contributed by atoms with E-state index in [9.17, 15) is 9.46 Å². The molecule has 0 bridgehead atoms. The van der Waals surface area contributed by atoms with Crippen molar-refractivity contribution in [2.75, 3.05) is 7.11 Å². The van der Waals surface area contributed by atoms with E-state index in [1.54, 1.807) is 20.8 Å². The molecule has 1 fully saturated rings. The van der Waals surface area contributed by atoms with Gasteiger partial charge < -0.3 is 28.5 Å². The van der Waals surface area contributed by atoms with Crippen molar-refractivity contribution in [3.63, 3.8) is 0 Å². The predicted octanol–water partition coefficient (Wildman–Crippen LogP) is 1.55. The smallest absolute Gasteiger partial charge is 0.348 e. The van der Waals surface area contributed by atoms with Crippen molar-refractivity contribution in [2.45, 2.75) is 50.8 Å². The highest BCUT2D eigenvalue weighted by molar-refractivity contribution is 8.07. The van der Waals surface area contributed by atoms with Crippen LogP contribution in [0.2, 0.25) is 5.82 Å². The molecule has 3 N–H and O–H groups in total. The molecule has 1 rings (SSSR count). The van der Waals surface area contributed by atoms with E-state index in [0.717, 1.165) is 5.82 Å². The molecule has 0 aromatic heterocycles. The first kappa shape index (κ1) is 21.5. The molecule has 0 amide bonds. The monoisotopic (exact) mass is 386 g/mol. The van der Waals surface area contributed by atoms with Gasteiger partial charge >= 0.3 is 14.3 Å². The minimum atomic E-state index is -4.23. The lowest BCUT2D eigenvalue weighted by Crippen LogP contribution is -2.31. The molecule has 0 aromatic rings. The second kappa shape index (κ2) is 7.77. The Morgan fingerprint density at radius 2 is 1.83 bits per heavy atom. The van der Waals surface area contributed by atoms with Gasteiger partial charge in [0, 0.05) is 18.8 Å². The first-order chi connectivity index (χ1) is 10.2. The summed E-state index contributed by atoms with van der Waals surface area (Å²) in [5.74, 6) is 0.626. The Balaban J connectivity index is 2.89. The van der Waals surface area contributed by atoms with Crippen LogP contribution in [-0.4, -0.2) is 47.4 Å². The van der Waals surface area contributed by atoms with Crippen molar-refractivity contribution in [2.24, 2.45) is 5.92 Å². The summed E-state index contributed by atoms with van der Waals surface area (Å²) in [4.78, 5) is 28.2. The van der Waals surface area contributed by atoms with Gasteiger partial charge in [-0.3, -0.25) is 4.57 Å². The van der Waals surface area contributed by atoms with Crippen LogP contribution in [0.1, 0.15) is 27.2 Å². The molecule has 7 nitrogen and oxygen atoms in total. The van der Waals surface area contributed by atoms with Crippen LogP contribution in [0.4, 0.5) is 0 Å². The zero-order valence-corrected chi connectivity index (χ0v) is 16.6. The molecular weight excluding hydrogens is 361 g/mol. The van der Waals surface area contributed by atoms with Gasteiger partial charge in [-0.05, 0) is 44.8 Å². The molecule has 0 aromatic carbocycles. The van der Waals surface area contributed by atoms with Gasteiger partial charge in [-0.15, -0.1) is 0 Å². The van der Waals surface area contributed by atoms with Gasteiger partial charge in [0.25, 0.3) is 0 Å². The molecule has 1 saturated carbocycles. The van der Waals surface area contributed by atoms with Crippen LogP contribution in [0.15, 0.2) is 11.9 Å². The second-order valence-electron chi connectivity index (χ2n) is 6.75. The van der Waals surface area contributed by atoms with Gasteiger partial charge in [-0.2, -0.15) is 0 Å². The van der Waals surface area contributed by atoms with Crippen LogP contribution >= 0.6 is 14.3 Å². The minimum Gasteiger partial charge on any atom is -0.378 e. The Labute approximate surface area is 143 Å². The average Bonchev–Trinajstić information content (AvgIpc) is 2.58. The van der Waals surface area contributed by atoms with Crippen molar-refractivity contribution < 1.29 is 33.0 Å². The molecule has 0 radical (unpaired) electrons. The van der Waals surface area contributed by atoms with Gasteiger partial charge in [-0.1, -0.05) is 6.08 Å². The maximum absolute atomic E-state index is 11.0. The van der Waals surface area contributed by atoms with Crippen LogP contribution in [0.3, 0.4) is 0 Å². The highest BCUT2D eigenvalue weighted by Crippen LogP contribution is 2.53. The highest BCUT2D eigenvalue weighted by atomic mass is 32.5. The lowest BCUT2D eigenvalue weighted by molar-refractivity contribution is -0.00962. The van der Waals surface area contributed by atoms with Gasteiger partial charge in [-0.25, -0.2) is 0 Å². The first-order valence-electron chi connectivity index (χ1n) is 7.23. The molecule has 5 atom stereocenters. The summed E-state index contributed by atoms with van der Waals surface area (Å²) < 4.78 is 27.5. The molecule has 0 spiro atoms. The molecule has 11 heteroatoms. The van der Waals surface area contributed by atoms with Gasteiger partial charge in [0.1, 0.15) is 7.85 Å². The van der Waals surface area contributed by atoms with E-state index in [0.29, 0.717) is 6.42 Å². The van der Waals surface area contributed by atoms with Gasteiger partial charge in [0.05, 0.1) is 17.8 Å². The van der Waals surface area contributed by atoms with Crippen LogP contribution in [0.25, 0.3) is 0 Å². The Morgan fingerprint density at radius 1 is 1.26 bits per heavy atom. The minimum absolute atomic E-state index is 0.00980. The molecule has 23 heavy (non-hydrogen) atoms. The predicted molar refractivity (Wildman–Crippen MR) is 94.6 cm³/mol. The third-order valence-corrected chi connectivity index (χ3v) is 5.72. The summed E-state index contributed by atoms with van der Waals surface area (Å²) >= 11 is 5.07. The maximum atomic E-state index is 11.0. The Kier molecular flexibility index (Phi) is 7.26. The second-order valence-corrected chi connectivity index (χ2v) is 10.9. The Hall–Kier alpha value is 0.445. The lowest BCUT2D eigenvalue weighted by atomic mass is 9.84. The van der Waals surface area contributed by atoms with Crippen LogP contribution in [-0.2, 0) is 30.2 Å². The quantitative estimate of drug-likeness (QED) is 0.467. The van der Waals surface area contributed by atoms with Crippen LogP contribution < -0.4 is 0 Å². The molecule has 1 unspecified atom stereocenters. The molecule has 0 aliphatic heterocycles. The third kappa shape index (κ3) is 7.47. The fourth-order valence-electron chi connectivity index (χ4n) is 2.67. The van der Waals surface area contributed by atoms with Crippen molar-refractivity contribution in [1.82, 2.24) is 0 Å². The maximum Gasteiger partial charge on any atom is 0.348 e. The summed E-state index contributed by atoms with van der Waals surface area (Å²) in [6.07, 6.45) is 1.07. The van der Waals surface area contributed by atoms with Gasteiger partial charge in [0.15, 0.2) is 0 Å². The van der Waals surface area contributed by atoms with Crippen molar-refractivity contribution >= 4 is 34.0 Å². The molecule has 0 saturated heterocycles. The van der Waals surface area contributed by atoms with Crippen molar-refractivity contribution in [1.29, 1.82) is 0 Å². The Morgan fingerprint density at radius 3 is 2.26 bits per heavy atom. The molecule has 1 aliphatic carbocycles. The summed E-state index contributed by atoms with van der Waals surface area (Å²) in [6.45, 7) is 1.85. The fourth-order valence-corrected chi connectivity index (χ4v) is 5.45. The Bertz CT molecular complexity index is 530. The average molecular weight is 386 g/mol. The first-order valence-corrected chi connectivity index (χ1v) is 11.5. The number of methoxy groups -OCH3 is 1. The zero-order chi connectivity index (χ0) is 18.1. The van der Waals surface area contributed by atoms with Gasteiger partial charge in [0.2, 0.25) is 0 Å². The summed E-state index contributed by atoms with van der Waals surface area (Å²) in [7, 11) is -0.828. The van der Waals surface area contributed by atoms with E-state index in [2.05, 4.69) is 0 Å². The van der Waals surface area contributed by atoms with E-state index < -0.39 is 32.1 Å². The largest absolute Gasteiger partial charge is 0.378 e. The topological polar surface area (TPSA) is 105 Å². The zero-order valence-electron chi connectivity index (χ0n) is 13.9. The summed E-state index contributed by atoms with van der Waals surface area (Å²) in [6, 6.07) is 0. The van der Waals surface area contributed by atoms with Crippen molar-refractivity contribution in [3.8, 4) is 0 Å². The van der Waals surface area contributed by atoms with E-state index >= 15 is 0 Å². The number of hydrogen-bond donors (Lipinski definition) is 3. The normalized spacial score (nSPS) is 32.3. The molecule has 1 aliphatic rings. The lowest BCUT2D eigenvalue weighted by Gasteiger charge is -2.31. The molecule has 0 heterocycles. The summed E-state index contributed by atoms with van der Waals surface area (Å²) in [5, 5.41) is 0. The number of rotatable bonds is 6. The summed E-state index contributed by atoms with van der Waals surface area (Å²) in [5.41, 5.74) is -0.644. The fraction of sp³-hybridized carbons (Fsp3) is 0.833. The third-order valence-electron chi connectivity index (χ3n) is 3.39. The molecular formula is C12H25BO7P2S. The standard InChI is InChI=1S/C12H25BO7P2S/c1-12(2,3)20-22(17,23)19-11-9(13)7-8(10(11)18-4)5-6-21(14,15)16/h5-6,8-11H,7,13H2,1-4H3,(H,17,23)(H2,14,15,16)/b6-5+/t8-,9+,10+,11-,22?/m0/s1. The molecule has 134 valence electrons.